The van der Waals surface area contributed by atoms with Crippen LogP contribution >= 0.6 is 23.2 Å². The zero-order chi connectivity index (χ0) is 25.8. The van der Waals surface area contributed by atoms with Gasteiger partial charge in [-0.25, -0.2) is 14.5 Å². The zero-order valence-corrected chi connectivity index (χ0v) is 20.5. The number of aromatic carboxylic acids is 1. The van der Waals surface area contributed by atoms with Crippen LogP contribution in [-0.4, -0.2) is 29.6 Å². The number of benzene rings is 3. The van der Waals surface area contributed by atoms with Gasteiger partial charge in [0, 0.05) is 5.02 Å². The monoisotopic (exact) mass is 526 g/mol. The molecule has 0 radical (unpaired) electrons. The lowest BCUT2D eigenvalue weighted by Crippen LogP contribution is -2.30. The van der Waals surface area contributed by atoms with Gasteiger partial charge in [0.2, 0.25) is 0 Å². The van der Waals surface area contributed by atoms with Gasteiger partial charge < -0.3 is 19.9 Å². The number of urea groups is 1. The first kappa shape index (κ1) is 25.1. The Morgan fingerprint density at radius 2 is 1.83 bits per heavy atom. The molecule has 8 nitrogen and oxygen atoms in total. The molecule has 184 valence electrons. The number of ether oxygens (including phenoxy) is 2. The van der Waals surface area contributed by atoms with Crippen LogP contribution in [0.1, 0.15) is 28.4 Å². The van der Waals surface area contributed by atoms with E-state index in [1.165, 1.54) is 24.3 Å². The molecule has 3 amide bonds. The second-order valence-electron chi connectivity index (χ2n) is 7.67. The highest BCUT2D eigenvalue weighted by atomic mass is 35.5. The van der Waals surface area contributed by atoms with E-state index in [0.717, 1.165) is 4.90 Å². The maximum atomic E-state index is 12.9. The summed E-state index contributed by atoms with van der Waals surface area (Å²) in [7, 11) is 0. The highest BCUT2D eigenvalue weighted by Crippen LogP contribution is 2.38. The van der Waals surface area contributed by atoms with Crippen LogP contribution in [-0.2, 0) is 11.4 Å². The predicted octanol–water partition coefficient (Wildman–Crippen LogP) is 5.77. The Balaban J connectivity index is 1.59. The molecule has 1 heterocycles. The summed E-state index contributed by atoms with van der Waals surface area (Å²) in [5, 5.41) is 12.3. The van der Waals surface area contributed by atoms with Gasteiger partial charge in [-0.05, 0) is 66.6 Å². The Hall–Kier alpha value is -4.01. The fourth-order valence-electron chi connectivity index (χ4n) is 3.58. The van der Waals surface area contributed by atoms with Crippen molar-refractivity contribution in [3.05, 3.63) is 93.1 Å². The first-order valence-corrected chi connectivity index (χ1v) is 11.6. The molecule has 0 atom stereocenters. The topological polar surface area (TPSA) is 105 Å². The van der Waals surface area contributed by atoms with Crippen molar-refractivity contribution < 1.29 is 29.0 Å². The number of nitrogens with zero attached hydrogens (tertiary/aromatic N) is 1. The Morgan fingerprint density at radius 1 is 1.06 bits per heavy atom. The van der Waals surface area contributed by atoms with Gasteiger partial charge in [-0.2, -0.15) is 0 Å². The molecule has 1 aliphatic heterocycles. The van der Waals surface area contributed by atoms with Gasteiger partial charge in [0.05, 0.1) is 22.9 Å². The molecule has 1 fully saturated rings. The number of amides is 3. The van der Waals surface area contributed by atoms with Gasteiger partial charge >= 0.3 is 12.0 Å². The van der Waals surface area contributed by atoms with Crippen molar-refractivity contribution in [1.82, 2.24) is 5.32 Å². The zero-order valence-electron chi connectivity index (χ0n) is 19.0. The Morgan fingerprint density at radius 3 is 2.56 bits per heavy atom. The smallest absolute Gasteiger partial charge is 0.335 e. The summed E-state index contributed by atoms with van der Waals surface area (Å²) in [5.74, 6) is -0.988. The number of carbonyl (C=O) groups excluding carboxylic acids is 2. The lowest BCUT2D eigenvalue weighted by atomic mass is 10.1. The molecule has 3 aromatic rings. The molecular formula is C26H20Cl2N2O6. The van der Waals surface area contributed by atoms with Crippen LogP contribution in [0.4, 0.5) is 10.5 Å². The summed E-state index contributed by atoms with van der Waals surface area (Å²) in [4.78, 5) is 37.6. The summed E-state index contributed by atoms with van der Waals surface area (Å²) in [6.45, 7) is 2.17. The molecule has 2 N–H and O–H groups in total. The summed E-state index contributed by atoms with van der Waals surface area (Å²) in [5.41, 5.74) is 1.68. The van der Waals surface area contributed by atoms with Gasteiger partial charge in [0.1, 0.15) is 12.3 Å². The van der Waals surface area contributed by atoms with E-state index < -0.39 is 17.9 Å². The van der Waals surface area contributed by atoms with Crippen molar-refractivity contribution in [1.29, 1.82) is 0 Å². The first-order chi connectivity index (χ1) is 17.3. The molecule has 0 saturated carbocycles. The van der Waals surface area contributed by atoms with E-state index in [2.05, 4.69) is 5.32 Å². The molecule has 0 aliphatic carbocycles. The van der Waals surface area contributed by atoms with E-state index in [4.69, 9.17) is 32.7 Å². The number of rotatable bonds is 8. The normalized spacial score (nSPS) is 14.2. The van der Waals surface area contributed by atoms with E-state index in [0.29, 0.717) is 34.2 Å². The molecule has 3 aromatic carbocycles. The van der Waals surface area contributed by atoms with Crippen LogP contribution in [0.3, 0.4) is 0 Å². The van der Waals surface area contributed by atoms with Crippen LogP contribution in [0.2, 0.25) is 10.0 Å². The van der Waals surface area contributed by atoms with Crippen LogP contribution in [0.15, 0.2) is 66.4 Å². The minimum atomic E-state index is -1.04. The average Bonchev–Trinajstić information content (AvgIpc) is 3.11. The van der Waals surface area contributed by atoms with E-state index in [9.17, 15) is 19.5 Å². The first-order valence-electron chi connectivity index (χ1n) is 10.8. The second kappa shape index (κ2) is 10.7. The van der Waals surface area contributed by atoms with Crippen molar-refractivity contribution >= 4 is 52.9 Å². The van der Waals surface area contributed by atoms with E-state index >= 15 is 0 Å². The standard InChI is InChI=1S/C26H20Cl2N2O6/c1-2-35-22-12-16(10-20(28)23(22)36-14-15-5-3-6-17(9-15)25(32)33)11-21-24(31)30(26(34)29-21)19-8-4-7-18(27)13-19/h3-13H,2,14H2,1H3,(H,29,34)(H,32,33). The molecule has 1 aliphatic rings. The molecule has 1 saturated heterocycles. The molecule has 0 aromatic heterocycles. The highest BCUT2D eigenvalue weighted by molar-refractivity contribution is 6.33. The third-order valence-electron chi connectivity index (χ3n) is 5.14. The van der Waals surface area contributed by atoms with E-state index in [-0.39, 0.29) is 28.6 Å². The van der Waals surface area contributed by atoms with Gasteiger partial charge in [-0.15, -0.1) is 0 Å². The summed E-state index contributed by atoms with van der Waals surface area (Å²) >= 11 is 12.5. The molecular weight excluding hydrogens is 507 g/mol. The number of imide groups is 1. The maximum Gasteiger partial charge on any atom is 0.335 e. The molecule has 36 heavy (non-hydrogen) atoms. The number of carboxylic acid groups (broad SMARTS) is 1. The number of carboxylic acids is 1. The number of carbonyl (C=O) groups is 3. The van der Waals surface area contributed by atoms with Crippen molar-refractivity contribution in [3.63, 3.8) is 0 Å². The minimum Gasteiger partial charge on any atom is -0.490 e. The quantitative estimate of drug-likeness (QED) is 0.285. The maximum absolute atomic E-state index is 12.9. The Kier molecular flexibility index (Phi) is 7.47. The predicted molar refractivity (Wildman–Crippen MR) is 136 cm³/mol. The highest BCUT2D eigenvalue weighted by Gasteiger charge is 2.35. The summed E-state index contributed by atoms with van der Waals surface area (Å²) in [6.07, 6.45) is 1.49. The van der Waals surface area contributed by atoms with Crippen LogP contribution in [0, 0.1) is 0 Å². The third-order valence-corrected chi connectivity index (χ3v) is 5.66. The Labute approximate surface area is 216 Å². The number of hydrogen-bond acceptors (Lipinski definition) is 5. The lowest BCUT2D eigenvalue weighted by Gasteiger charge is -2.15. The average molecular weight is 527 g/mol. The molecule has 0 spiro atoms. The Bertz CT molecular complexity index is 1390. The van der Waals surface area contributed by atoms with Gasteiger partial charge in [0.15, 0.2) is 11.5 Å². The van der Waals surface area contributed by atoms with Crippen molar-refractivity contribution in [3.8, 4) is 11.5 Å². The number of nitrogens with one attached hydrogen (secondary N) is 1. The largest absolute Gasteiger partial charge is 0.490 e. The summed E-state index contributed by atoms with van der Waals surface area (Å²) < 4.78 is 11.6. The fourth-order valence-corrected chi connectivity index (χ4v) is 4.03. The van der Waals surface area contributed by atoms with Gasteiger partial charge in [-0.1, -0.05) is 41.4 Å². The third kappa shape index (κ3) is 5.45. The molecule has 4 rings (SSSR count). The molecule has 0 bridgehead atoms. The van der Waals surface area contributed by atoms with E-state index in [1.54, 1.807) is 49.4 Å². The van der Waals surface area contributed by atoms with Gasteiger partial charge in [0.25, 0.3) is 5.91 Å². The molecule has 10 heteroatoms. The van der Waals surface area contributed by atoms with Crippen molar-refractivity contribution in [2.75, 3.05) is 11.5 Å². The second-order valence-corrected chi connectivity index (χ2v) is 8.51. The fraction of sp³-hybridized carbons (Fsp3) is 0.115. The number of hydrogen-bond donors (Lipinski definition) is 2. The van der Waals surface area contributed by atoms with Crippen molar-refractivity contribution in [2.24, 2.45) is 0 Å². The SMILES string of the molecule is CCOc1cc(C=C2NC(=O)N(c3cccc(Cl)c3)C2=O)cc(Cl)c1OCc1cccc(C(=O)O)c1. The van der Waals surface area contributed by atoms with Crippen LogP contribution in [0.5, 0.6) is 11.5 Å². The van der Waals surface area contributed by atoms with Crippen molar-refractivity contribution in [2.45, 2.75) is 13.5 Å². The number of halogens is 2. The van der Waals surface area contributed by atoms with Gasteiger partial charge in [-0.3, -0.25) is 4.79 Å². The summed E-state index contributed by atoms with van der Waals surface area (Å²) in [6, 6.07) is 15.4. The van der Waals surface area contributed by atoms with E-state index in [1.807, 2.05) is 0 Å². The van der Waals surface area contributed by atoms with Crippen LogP contribution in [0.25, 0.3) is 6.08 Å². The van der Waals surface area contributed by atoms with Crippen LogP contribution < -0.4 is 19.7 Å². The molecule has 0 unspecified atom stereocenters. The number of anilines is 1. The lowest BCUT2D eigenvalue weighted by molar-refractivity contribution is -0.113. The minimum absolute atomic E-state index is 0.0534.